The van der Waals surface area contributed by atoms with E-state index in [4.69, 9.17) is 21.6 Å². The molecule has 0 amide bonds. The highest BCUT2D eigenvalue weighted by molar-refractivity contribution is 6.32. The maximum absolute atomic E-state index is 8.92. The summed E-state index contributed by atoms with van der Waals surface area (Å²) in [6.07, 6.45) is 0.688. The van der Waals surface area contributed by atoms with E-state index in [9.17, 15) is 0 Å². The summed E-state index contributed by atoms with van der Waals surface area (Å²) in [5.74, 6) is 0.662. The predicted octanol–water partition coefficient (Wildman–Crippen LogP) is 3.44. The highest BCUT2D eigenvalue weighted by atomic mass is 35.5. The Bertz CT molecular complexity index is 393. The second kappa shape index (κ2) is 4.55. The van der Waals surface area contributed by atoms with Crippen LogP contribution in [-0.4, -0.2) is 7.11 Å². The molecular formula is C12H14ClNO. The molecule has 0 fully saturated rings. The van der Waals surface area contributed by atoms with Crippen molar-refractivity contribution in [2.45, 2.75) is 20.3 Å². The van der Waals surface area contributed by atoms with Gasteiger partial charge < -0.3 is 4.74 Å². The molecular weight excluding hydrogens is 210 g/mol. The normalized spacial score (nSPS) is 10.9. The molecule has 0 aromatic heterocycles. The summed E-state index contributed by atoms with van der Waals surface area (Å²) in [5, 5.41) is 9.50. The Kier molecular flexibility index (Phi) is 3.60. The number of nitriles is 1. The highest BCUT2D eigenvalue weighted by Gasteiger charge is 2.17. The van der Waals surface area contributed by atoms with Crippen LogP contribution in [0.25, 0.3) is 0 Å². The summed E-state index contributed by atoms with van der Waals surface area (Å²) in [7, 11) is 1.58. The SMILES string of the molecule is COc1ccc(CC(C)(C)C#N)cc1Cl. The Hall–Kier alpha value is -1.20. The molecule has 0 aliphatic carbocycles. The molecule has 1 rings (SSSR count). The summed E-state index contributed by atoms with van der Waals surface area (Å²) in [4.78, 5) is 0. The lowest BCUT2D eigenvalue weighted by molar-refractivity contribution is 0.414. The van der Waals surface area contributed by atoms with E-state index in [2.05, 4.69) is 6.07 Å². The van der Waals surface area contributed by atoms with E-state index in [-0.39, 0.29) is 5.41 Å². The van der Waals surface area contributed by atoms with Gasteiger partial charge in [-0.3, -0.25) is 0 Å². The zero-order valence-corrected chi connectivity index (χ0v) is 9.93. The van der Waals surface area contributed by atoms with Gasteiger partial charge in [-0.1, -0.05) is 17.7 Å². The first-order valence-electron chi connectivity index (χ1n) is 4.72. The second-order valence-electron chi connectivity index (χ2n) is 4.14. The molecule has 0 heterocycles. The van der Waals surface area contributed by atoms with Crippen molar-refractivity contribution in [1.29, 1.82) is 5.26 Å². The molecule has 2 nitrogen and oxygen atoms in total. The van der Waals surface area contributed by atoms with Crippen LogP contribution in [0.15, 0.2) is 18.2 Å². The smallest absolute Gasteiger partial charge is 0.137 e. The van der Waals surface area contributed by atoms with Gasteiger partial charge in [0.25, 0.3) is 0 Å². The summed E-state index contributed by atoms with van der Waals surface area (Å²) in [6.45, 7) is 3.82. The average molecular weight is 224 g/mol. The van der Waals surface area contributed by atoms with Crippen molar-refractivity contribution in [3.8, 4) is 11.8 Å². The van der Waals surface area contributed by atoms with Gasteiger partial charge in [-0.05, 0) is 38.0 Å². The highest BCUT2D eigenvalue weighted by Crippen LogP contribution is 2.28. The van der Waals surface area contributed by atoms with Crippen LogP contribution in [0.3, 0.4) is 0 Å². The minimum Gasteiger partial charge on any atom is -0.495 e. The van der Waals surface area contributed by atoms with Gasteiger partial charge in [0.2, 0.25) is 0 Å². The number of rotatable bonds is 3. The van der Waals surface area contributed by atoms with E-state index in [1.807, 2.05) is 32.0 Å². The van der Waals surface area contributed by atoms with Crippen LogP contribution in [0.2, 0.25) is 5.02 Å². The summed E-state index contributed by atoms with van der Waals surface area (Å²) < 4.78 is 5.06. The largest absolute Gasteiger partial charge is 0.495 e. The Morgan fingerprint density at radius 2 is 2.13 bits per heavy atom. The lowest BCUT2D eigenvalue weighted by Gasteiger charge is -2.15. The number of hydrogen-bond donors (Lipinski definition) is 0. The predicted molar refractivity (Wildman–Crippen MR) is 61.1 cm³/mol. The first-order chi connectivity index (χ1) is 6.98. The molecule has 0 N–H and O–H groups in total. The zero-order chi connectivity index (χ0) is 11.5. The fourth-order valence-corrected chi connectivity index (χ4v) is 1.65. The molecule has 0 saturated heterocycles. The number of ether oxygens (including phenoxy) is 1. The number of nitrogens with zero attached hydrogens (tertiary/aromatic N) is 1. The Morgan fingerprint density at radius 1 is 1.47 bits per heavy atom. The van der Waals surface area contributed by atoms with Crippen LogP contribution in [-0.2, 0) is 6.42 Å². The van der Waals surface area contributed by atoms with Crippen molar-refractivity contribution < 1.29 is 4.74 Å². The van der Waals surface area contributed by atoms with Crippen molar-refractivity contribution in [3.05, 3.63) is 28.8 Å². The first-order valence-corrected chi connectivity index (χ1v) is 5.10. The molecule has 0 aliphatic rings. The third-order valence-corrected chi connectivity index (χ3v) is 2.46. The maximum Gasteiger partial charge on any atom is 0.137 e. The van der Waals surface area contributed by atoms with Crippen LogP contribution in [0.4, 0.5) is 0 Å². The number of benzene rings is 1. The molecule has 1 aromatic rings. The summed E-state index contributed by atoms with van der Waals surface area (Å²) >= 11 is 5.99. The average Bonchev–Trinajstić information content (AvgIpc) is 2.17. The van der Waals surface area contributed by atoms with Gasteiger partial charge in [0.15, 0.2) is 0 Å². The van der Waals surface area contributed by atoms with Gasteiger partial charge in [0, 0.05) is 0 Å². The van der Waals surface area contributed by atoms with Crippen molar-refractivity contribution in [2.75, 3.05) is 7.11 Å². The van der Waals surface area contributed by atoms with Gasteiger partial charge in [0.05, 0.1) is 23.6 Å². The van der Waals surface area contributed by atoms with E-state index in [1.165, 1.54) is 0 Å². The Balaban J connectivity index is 2.90. The molecule has 0 radical (unpaired) electrons. The summed E-state index contributed by atoms with van der Waals surface area (Å²) in [6, 6.07) is 7.87. The maximum atomic E-state index is 8.92. The lowest BCUT2D eigenvalue weighted by atomic mass is 9.87. The van der Waals surface area contributed by atoms with E-state index >= 15 is 0 Å². The molecule has 0 atom stereocenters. The molecule has 0 unspecified atom stereocenters. The third-order valence-electron chi connectivity index (χ3n) is 2.16. The minimum absolute atomic E-state index is 0.363. The van der Waals surface area contributed by atoms with Crippen molar-refractivity contribution >= 4 is 11.6 Å². The first kappa shape index (κ1) is 11.9. The molecule has 0 aliphatic heterocycles. The second-order valence-corrected chi connectivity index (χ2v) is 4.55. The van der Waals surface area contributed by atoms with Crippen LogP contribution in [0, 0.1) is 16.7 Å². The number of methoxy groups -OCH3 is 1. The van der Waals surface area contributed by atoms with Crippen molar-refractivity contribution in [3.63, 3.8) is 0 Å². The third kappa shape index (κ3) is 3.14. The topological polar surface area (TPSA) is 33.0 Å². The van der Waals surface area contributed by atoms with Gasteiger partial charge in [-0.15, -0.1) is 0 Å². The number of hydrogen-bond acceptors (Lipinski definition) is 2. The minimum atomic E-state index is -0.363. The van der Waals surface area contributed by atoms with Crippen LogP contribution in [0.5, 0.6) is 5.75 Å². The molecule has 15 heavy (non-hydrogen) atoms. The molecule has 0 bridgehead atoms. The molecule has 80 valence electrons. The fourth-order valence-electron chi connectivity index (χ4n) is 1.37. The van der Waals surface area contributed by atoms with Gasteiger partial charge >= 0.3 is 0 Å². The van der Waals surface area contributed by atoms with Crippen molar-refractivity contribution in [2.24, 2.45) is 5.41 Å². The van der Waals surface area contributed by atoms with E-state index in [0.717, 1.165) is 5.56 Å². The van der Waals surface area contributed by atoms with Gasteiger partial charge in [-0.2, -0.15) is 5.26 Å². The van der Waals surface area contributed by atoms with Crippen LogP contribution in [0.1, 0.15) is 19.4 Å². The quantitative estimate of drug-likeness (QED) is 0.787. The lowest BCUT2D eigenvalue weighted by Crippen LogP contribution is -2.11. The standard InChI is InChI=1S/C12H14ClNO/c1-12(2,8-14)7-9-4-5-11(15-3)10(13)6-9/h4-6H,7H2,1-3H3. The van der Waals surface area contributed by atoms with Crippen LogP contribution < -0.4 is 4.74 Å². The van der Waals surface area contributed by atoms with Crippen molar-refractivity contribution in [1.82, 2.24) is 0 Å². The summed E-state index contributed by atoms with van der Waals surface area (Å²) in [5.41, 5.74) is 0.685. The monoisotopic (exact) mass is 223 g/mol. The van der Waals surface area contributed by atoms with E-state index in [1.54, 1.807) is 7.11 Å². The Labute approximate surface area is 95.4 Å². The molecule has 3 heteroatoms. The van der Waals surface area contributed by atoms with E-state index in [0.29, 0.717) is 17.2 Å². The van der Waals surface area contributed by atoms with Gasteiger partial charge in [0.1, 0.15) is 5.75 Å². The number of halogens is 1. The zero-order valence-electron chi connectivity index (χ0n) is 9.17. The van der Waals surface area contributed by atoms with Gasteiger partial charge in [-0.25, -0.2) is 0 Å². The molecule has 1 aromatic carbocycles. The fraction of sp³-hybridized carbons (Fsp3) is 0.417. The molecule has 0 spiro atoms. The van der Waals surface area contributed by atoms with Crippen LogP contribution >= 0.6 is 11.6 Å². The molecule has 0 saturated carbocycles. The van der Waals surface area contributed by atoms with E-state index < -0.39 is 0 Å². The Morgan fingerprint density at radius 3 is 2.60 bits per heavy atom.